The highest BCUT2D eigenvalue weighted by molar-refractivity contribution is 7.80. The summed E-state index contributed by atoms with van der Waals surface area (Å²) in [4.78, 5) is 95.5. The highest BCUT2D eigenvalue weighted by Crippen LogP contribution is 2.05. The number of nitrogens with one attached hydrogen (secondary N) is 4. The number of rotatable bonds is 20. The number of carboxylic acids is 4. The Hall–Kier alpha value is -3.97. The van der Waals surface area contributed by atoms with Gasteiger partial charge in [-0.25, -0.2) is 4.79 Å². The molecule has 0 unspecified atom stereocenters. The lowest BCUT2D eigenvalue weighted by Gasteiger charge is -2.25. The molecule has 0 bridgehead atoms. The van der Waals surface area contributed by atoms with E-state index in [0.29, 0.717) is 12.8 Å². The molecule has 0 fully saturated rings. The zero-order valence-corrected chi connectivity index (χ0v) is 22.1. The van der Waals surface area contributed by atoms with Crippen molar-refractivity contribution >= 4 is 60.1 Å². The molecule has 0 heterocycles. The van der Waals surface area contributed by atoms with Gasteiger partial charge in [0.05, 0.1) is 25.3 Å². The van der Waals surface area contributed by atoms with Crippen molar-refractivity contribution in [2.75, 3.05) is 12.3 Å². The Morgan fingerprint density at radius 3 is 1.25 bits per heavy atom. The molecule has 0 aromatic heterocycles. The number of thiol groups is 1. The molecule has 0 saturated carbocycles. The molecular formula is C21H34N6O12S. The summed E-state index contributed by atoms with van der Waals surface area (Å²) >= 11 is 3.81. The van der Waals surface area contributed by atoms with Crippen molar-refractivity contribution in [3.05, 3.63) is 0 Å². The molecule has 12 N–H and O–H groups in total. The van der Waals surface area contributed by atoms with E-state index in [1.165, 1.54) is 0 Å². The molecule has 0 aromatic carbocycles. The zero-order valence-electron chi connectivity index (χ0n) is 21.2. The summed E-state index contributed by atoms with van der Waals surface area (Å²) in [7, 11) is 0. The van der Waals surface area contributed by atoms with E-state index < -0.39 is 97.0 Å². The number of carboxylic acid groups (broad SMARTS) is 4. The molecule has 19 heteroatoms. The van der Waals surface area contributed by atoms with Gasteiger partial charge in [0.1, 0.15) is 24.2 Å². The van der Waals surface area contributed by atoms with Crippen LogP contribution in [0.3, 0.4) is 0 Å². The van der Waals surface area contributed by atoms with Crippen molar-refractivity contribution in [2.45, 2.75) is 68.7 Å². The predicted molar refractivity (Wildman–Crippen MR) is 137 cm³/mol. The third kappa shape index (κ3) is 14.3. The van der Waals surface area contributed by atoms with E-state index in [1.807, 2.05) is 16.0 Å². The van der Waals surface area contributed by atoms with E-state index in [2.05, 4.69) is 17.9 Å². The Kier molecular flexibility index (Phi) is 16.5. The van der Waals surface area contributed by atoms with E-state index >= 15 is 0 Å². The van der Waals surface area contributed by atoms with Gasteiger partial charge < -0.3 is 53.2 Å². The summed E-state index contributed by atoms with van der Waals surface area (Å²) in [6.07, 6.45) is -2.43. The summed E-state index contributed by atoms with van der Waals surface area (Å²) in [6.45, 7) is 0.258. The fourth-order valence-electron chi connectivity index (χ4n) is 3.08. The van der Waals surface area contributed by atoms with Crippen molar-refractivity contribution in [1.29, 1.82) is 0 Å². The number of carbonyl (C=O) groups excluding carboxylic acids is 4. The minimum absolute atomic E-state index is 0.0583. The average molecular weight is 595 g/mol. The molecule has 0 aromatic rings. The van der Waals surface area contributed by atoms with Crippen LogP contribution in [0.5, 0.6) is 0 Å². The first-order chi connectivity index (χ1) is 18.6. The molecule has 0 saturated heterocycles. The van der Waals surface area contributed by atoms with Crippen LogP contribution in [0.25, 0.3) is 0 Å². The summed E-state index contributed by atoms with van der Waals surface area (Å²) in [5.74, 6) is -11.2. The number of nitrogens with two attached hydrogens (primary N) is 2. The minimum atomic E-state index is -1.97. The van der Waals surface area contributed by atoms with Gasteiger partial charge in [0.15, 0.2) is 0 Å². The van der Waals surface area contributed by atoms with E-state index in [0.717, 1.165) is 0 Å². The van der Waals surface area contributed by atoms with Gasteiger partial charge in [-0.05, 0) is 25.8 Å². The number of carbonyl (C=O) groups is 8. The topological polar surface area (TPSA) is 318 Å². The van der Waals surface area contributed by atoms with Crippen LogP contribution in [0.2, 0.25) is 0 Å². The van der Waals surface area contributed by atoms with Gasteiger partial charge >= 0.3 is 23.9 Å². The van der Waals surface area contributed by atoms with Gasteiger partial charge in [-0.1, -0.05) is 0 Å². The third-order valence-electron chi connectivity index (χ3n) is 5.13. The van der Waals surface area contributed by atoms with Gasteiger partial charge in [0, 0.05) is 5.75 Å². The van der Waals surface area contributed by atoms with Crippen LogP contribution in [0, 0.1) is 0 Å². The fourth-order valence-corrected chi connectivity index (χ4v) is 3.25. The third-order valence-corrected chi connectivity index (χ3v) is 5.52. The standard InChI is InChI=1S/C21H34N6O12S/c22-4-2-1-3-10(21(38)39)24-18(35)12(6-15(30)31)26-20(37)13(7-16(32)33)27-19(36)11(5-14(28)29)25-17(34)9(23)8-40/h9-13,40H,1-8,22-23H2,(H,24,35)(H,25,34)(H,26,37)(H,27,36)(H,28,29)(H,30,31)(H,32,33)(H,38,39)/t9-,10-,11-,12-,13-/m0/s1. The first-order valence-electron chi connectivity index (χ1n) is 11.8. The molecule has 0 rings (SSSR count). The number of hydrogen-bond acceptors (Lipinski definition) is 11. The lowest BCUT2D eigenvalue weighted by Crippen LogP contribution is -2.59. The largest absolute Gasteiger partial charge is 0.481 e. The van der Waals surface area contributed by atoms with Crippen LogP contribution >= 0.6 is 12.6 Å². The molecule has 0 aliphatic heterocycles. The number of hydrogen-bond donors (Lipinski definition) is 11. The summed E-state index contributed by atoms with van der Waals surface area (Å²) in [5, 5.41) is 44.8. The van der Waals surface area contributed by atoms with Crippen molar-refractivity contribution in [2.24, 2.45) is 11.5 Å². The van der Waals surface area contributed by atoms with Gasteiger partial charge in [0.2, 0.25) is 23.6 Å². The molecule has 0 spiro atoms. The Labute approximate surface area is 233 Å². The van der Waals surface area contributed by atoms with Gasteiger partial charge in [0.25, 0.3) is 0 Å². The molecule has 0 aliphatic rings. The molecule has 0 radical (unpaired) electrons. The Morgan fingerprint density at radius 1 is 0.600 bits per heavy atom. The van der Waals surface area contributed by atoms with Crippen molar-refractivity contribution in [1.82, 2.24) is 21.3 Å². The normalized spacial score (nSPS) is 14.4. The second-order valence-electron chi connectivity index (χ2n) is 8.45. The molecule has 0 aliphatic carbocycles. The quantitative estimate of drug-likeness (QED) is 0.0470. The van der Waals surface area contributed by atoms with Crippen LogP contribution in [-0.2, 0) is 38.4 Å². The number of aliphatic carboxylic acids is 4. The lowest BCUT2D eigenvalue weighted by molar-refractivity contribution is -0.145. The Bertz CT molecular complexity index is 964. The highest BCUT2D eigenvalue weighted by Gasteiger charge is 2.34. The van der Waals surface area contributed by atoms with E-state index in [4.69, 9.17) is 21.7 Å². The second-order valence-corrected chi connectivity index (χ2v) is 8.82. The highest BCUT2D eigenvalue weighted by atomic mass is 32.1. The van der Waals surface area contributed by atoms with Crippen LogP contribution in [-0.4, -0.2) is 110 Å². The first-order valence-corrected chi connectivity index (χ1v) is 12.4. The van der Waals surface area contributed by atoms with Crippen LogP contribution in [0.1, 0.15) is 38.5 Å². The molecular weight excluding hydrogens is 560 g/mol. The van der Waals surface area contributed by atoms with Gasteiger partial charge in [-0.2, -0.15) is 12.6 Å². The van der Waals surface area contributed by atoms with E-state index in [9.17, 15) is 48.6 Å². The monoisotopic (exact) mass is 594 g/mol. The molecule has 226 valence electrons. The van der Waals surface area contributed by atoms with Crippen molar-refractivity contribution < 1.29 is 58.8 Å². The molecule has 18 nitrogen and oxygen atoms in total. The van der Waals surface area contributed by atoms with Gasteiger partial charge in [-0.3, -0.25) is 33.6 Å². The molecule has 40 heavy (non-hydrogen) atoms. The summed E-state index contributed by atoms with van der Waals surface area (Å²) in [5.41, 5.74) is 10.8. The fraction of sp³-hybridized carbons (Fsp3) is 0.619. The minimum Gasteiger partial charge on any atom is -0.481 e. The lowest BCUT2D eigenvalue weighted by atomic mass is 10.1. The SMILES string of the molecule is NCCCC[C@H](NC(=O)[C@H](CC(=O)O)NC(=O)[C@H](CC(=O)O)NC(=O)[C@H](CC(=O)O)NC(=O)[C@@H](N)CS)C(=O)O. The van der Waals surface area contributed by atoms with Crippen LogP contribution in [0.4, 0.5) is 0 Å². The summed E-state index contributed by atoms with van der Waals surface area (Å²) < 4.78 is 0. The first kappa shape index (κ1) is 36.0. The van der Waals surface area contributed by atoms with Crippen molar-refractivity contribution in [3.63, 3.8) is 0 Å². The Morgan fingerprint density at radius 2 is 0.950 bits per heavy atom. The van der Waals surface area contributed by atoms with Crippen molar-refractivity contribution in [3.8, 4) is 0 Å². The second kappa shape index (κ2) is 18.3. The molecule has 4 amide bonds. The van der Waals surface area contributed by atoms with E-state index in [-0.39, 0.29) is 18.7 Å². The predicted octanol–water partition coefficient (Wildman–Crippen LogP) is -4.18. The van der Waals surface area contributed by atoms with Crippen LogP contribution in [0.15, 0.2) is 0 Å². The smallest absolute Gasteiger partial charge is 0.326 e. The number of unbranched alkanes of at least 4 members (excludes halogenated alkanes) is 1. The number of amides is 4. The Balaban J connectivity index is 5.83. The van der Waals surface area contributed by atoms with Gasteiger partial charge in [-0.15, -0.1) is 0 Å². The maximum absolute atomic E-state index is 12.8. The maximum atomic E-state index is 12.8. The van der Waals surface area contributed by atoms with Crippen LogP contribution < -0.4 is 32.7 Å². The maximum Gasteiger partial charge on any atom is 0.326 e. The average Bonchev–Trinajstić information content (AvgIpc) is 2.85. The van der Waals surface area contributed by atoms with E-state index in [1.54, 1.807) is 0 Å². The molecule has 5 atom stereocenters. The zero-order chi connectivity index (χ0) is 31.0. The summed E-state index contributed by atoms with van der Waals surface area (Å²) in [6, 6.07) is -8.35.